The monoisotopic (exact) mass is 652 g/mol. The number of nitrogens with zero attached hydrogens (tertiary/aromatic N) is 2. The SMILES string of the molecule is Cc1c(C(=O)O)ccn(C2CCN(Cc3cc(C4CC4)c(-c4ccc(F)cc4)c(F)c3OC(C)C)CC2)c1=O.O=C(O)C=CC(=O)O. The molecule has 250 valence electrons. The second-order valence-corrected chi connectivity index (χ2v) is 12.0. The summed E-state index contributed by atoms with van der Waals surface area (Å²) in [5, 5.41) is 24.9. The summed E-state index contributed by atoms with van der Waals surface area (Å²) >= 11 is 0. The number of carboxylic acids is 3. The van der Waals surface area contributed by atoms with Crippen LogP contribution in [0.4, 0.5) is 8.78 Å². The number of aliphatic carboxylic acids is 2. The number of piperidine rings is 1. The molecule has 0 atom stereocenters. The van der Waals surface area contributed by atoms with Crippen molar-refractivity contribution in [1.29, 1.82) is 0 Å². The van der Waals surface area contributed by atoms with Gasteiger partial charge in [-0.1, -0.05) is 12.1 Å². The Morgan fingerprint density at radius 1 is 0.957 bits per heavy atom. The van der Waals surface area contributed by atoms with Crippen LogP contribution in [0.3, 0.4) is 0 Å². The first-order valence-electron chi connectivity index (χ1n) is 15.4. The van der Waals surface area contributed by atoms with Crippen molar-refractivity contribution in [2.75, 3.05) is 13.1 Å². The maximum absolute atomic E-state index is 16.2. The van der Waals surface area contributed by atoms with Gasteiger partial charge in [0.1, 0.15) is 5.82 Å². The molecule has 2 fully saturated rings. The van der Waals surface area contributed by atoms with Crippen molar-refractivity contribution in [2.24, 2.45) is 0 Å². The Morgan fingerprint density at radius 2 is 1.55 bits per heavy atom. The van der Waals surface area contributed by atoms with Crippen LogP contribution in [0.15, 0.2) is 59.5 Å². The second-order valence-electron chi connectivity index (χ2n) is 12.0. The Hall–Kier alpha value is -4.84. The van der Waals surface area contributed by atoms with Crippen LogP contribution in [0.1, 0.15) is 78.5 Å². The van der Waals surface area contributed by atoms with Gasteiger partial charge in [0.2, 0.25) is 0 Å². The Labute approximate surface area is 270 Å². The molecule has 1 saturated carbocycles. The van der Waals surface area contributed by atoms with Crippen molar-refractivity contribution in [3.05, 3.63) is 99.0 Å². The van der Waals surface area contributed by atoms with E-state index in [0.717, 1.165) is 36.8 Å². The van der Waals surface area contributed by atoms with Gasteiger partial charge in [-0.3, -0.25) is 9.69 Å². The summed E-state index contributed by atoms with van der Waals surface area (Å²) in [7, 11) is 0. The van der Waals surface area contributed by atoms with Crippen LogP contribution in [0.5, 0.6) is 5.75 Å². The summed E-state index contributed by atoms with van der Waals surface area (Å²) in [6.07, 6.45) is 5.91. The molecule has 2 aliphatic rings. The van der Waals surface area contributed by atoms with E-state index in [4.69, 9.17) is 14.9 Å². The van der Waals surface area contributed by atoms with E-state index < -0.39 is 23.7 Å². The van der Waals surface area contributed by atoms with Crippen LogP contribution in [-0.2, 0) is 16.1 Å². The average Bonchev–Trinajstić information content (AvgIpc) is 3.86. The predicted octanol–water partition coefficient (Wildman–Crippen LogP) is 6.01. The minimum Gasteiger partial charge on any atom is -0.488 e. The number of carboxylic acid groups (broad SMARTS) is 3. The molecule has 10 nitrogen and oxygen atoms in total. The van der Waals surface area contributed by atoms with Gasteiger partial charge in [0, 0.05) is 60.7 Å². The Kier molecular flexibility index (Phi) is 11.3. The molecule has 47 heavy (non-hydrogen) atoms. The van der Waals surface area contributed by atoms with Crippen molar-refractivity contribution in [1.82, 2.24) is 9.47 Å². The zero-order valence-electron chi connectivity index (χ0n) is 26.4. The topological polar surface area (TPSA) is 146 Å². The zero-order valence-corrected chi connectivity index (χ0v) is 26.4. The van der Waals surface area contributed by atoms with Crippen LogP contribution in [0.2, 0.25) is 0 Å². The first-order valence-corrected chi connectivity index (χ1v) is 15.4. The van der Waals surface area contributed by atoms with Gasteiger partial charge < -0.3 is 24.6 Å². The Morgan fingerprint density at radius 3 is 2.06 bits per heavy atom. The first-order chi connectivity index (χ1) is 22.3. The van der Waals surface area contributed by atoms with Crippen LogP contribution in [0.25, 0.3) is 11.1 Å². The van der Waals surface area contributed by atoms with Gasteiger partial charge in [0.25, 0.3) is 5.56 Å². The number of carbonyl (C=O) groups is 3. The van der Waals surface area contributed by atoms with E-state index in [2.05, 4.69) is 11.0 Å². The van der Waals surface area contributed by atoms with E-state index in [-0.39, 0.29) is 46.3 Å². The average molecular weight is 653 g/mol. The highest BCUT2D eigenvalue weighted by atomic mass is 19.1. The molecule has 3 aromatic rings. The predicted molar refractivity (Wildman–Crippen MR) is 170 cm³/mol. The van der Waals surface area contributed by atoms with E-state index in [0.29, 0.717) is 42.9 Å². The third-order valence-corrected chi connectivity index (χ3v) is 8.14. The van der Waals surface area contributed by atoms with Crippen molar-refractivity contribution in [2.45, 2.75) is 71.1 Å². The molecule has 0 bridgehead atoms. The summed E-state index contributed by atoms with van der Waals surface area (Å²) in [5.41, 5.74) is 2.89. The third-order valence-electron chi connectivity index (χ3n) is 8.14. The largest absolute Gasteiger partial charge is 0.488 e. The summed E-state index contributed by atoms with van der Waals surface area (Å²) in [4.78, 5) is 45.6. The highest BCUT2D eigenvalue weighted by molar-refractivity contribution is 5.89. The lowest BCUT2D eigenvalue weighted by Gasteiger charge is -2.34. The highest BCUT2D eigenvalue weighted by Crippen LogP contribution is 2.48. The van der Waals surface area contributed by atoms with E-state index in [1.807, 2.05) is 13.8 Å². The molecule has 12 heteroatoms. The van der Waals surface area contributed by atoms with E-state index in [1.54, 1.807) is 29.8 Å². The minimum absolute atomic E-state index is 0.0266. The fourth-order valence-electron chi connectivity index (χ4n) is 5.73. The number of benzene rings is 2. The third kappa shape index (κ3) is 8.91. The number of ether oxygens (including phenoxy) is 1. The first kappa shape index (κ1) is 35.0. The highest BCUT2D eigenvalue weighted by Gasteiger charge is 2.32. The van der Waals surface area contributed by atoms with Crippen LogP contribution < -0.4 is 10.3 Å². The molecule has 0 amide bonds. The van der Waals surface area contributed by atoms with E-state index in [9.17, 15) is 28.7 Å². The fraction of sp³-hybridized carbons (Fsp3) is 0.371. The van der Waals surface area contributed by atoms with E-state index in [1.165, 1.54) is 18.2 Å². The number of likely N-dealkylation sites (tertiary alicyclic amines) is 1. The number of aromatic nitrogens is 1. The van der Waals surface area contributed by atoms with Crippen LogP contribution in [-0.4, -0.2) is 61.9 Å². The smallest absolute Gasteiger partial charge is 0.336 e. The van der Waals surface area contributed by atoms with Gasteiger partial charge in [-0.2, -0.15) is 0 Å². The number of hydrogen-bond acceptors (Lipinski definition) is 6. The van der Waals surface area contributed by atoms with Gasteiger partial charge in [0.15, 0.2) is 11.6 Å². The normalized spacial score (nSPS) is 15.4. The molecule has 2 heterocycles. The number of halogens is 2. The lowest BCUT2D eigenvalue weighted by molar-refractivity contribution is -0.134. The van der Waals surface area contributed by atoms with Crippen molar-refractivity contribution >= 4 is 17.9 Å². The summed E-state index contributed by atoms with van der Waals surface area (Å²) < 4.78 is 37.5. The number of pyridine rings is 1. The number of aromatic carboxylic acids is 1. The van der Waals surface area contributed by atoms with Gasteiger partial charge in [0.05, 0.1) is 11.7 Å². The summed E-state index contributed by atoms with van der Waals surface area (Å²) in [6, 6.07) is 9.49. The Balaban J connectivity index is 0.000000555. The number of hydrogen-bond donors (Lipinski definition) is 3. The molecule has 3 N–H and O–H groups in total. The molecule has 5 rings (SSSR count). The zero-order chi connectivity index (χ0) is 34.4. The standard InChI is InChI=1S/C31H34F2N2O4.C4H4O4/c1-18(2)39-29-22(16-26(20-4-5-20)27(28(29)33)21-6-8-23(32)9-7-21)17-34-13-10-24(11-14-34)35-15-12-25(31(37)38)19(3)30(35)36;5-3(6)1-2-4(7)8/h6-9,12,15-16,18,20,24H,4-5,10-11,13-14,17H2,1-3H3,(H,37,38);1-2H,(H,5,6)(H,7,8). The quantitative estimate of drug-likeness (QED) is 0.224. The lowest BCUT2D eigenvalue weighted by atomic mass is 9.92. The molecule has 0 spiro atoms. The van der Waals surface area contributed by atoms with Crippen molar-refractivity contribution < 1.29 is 43.2 Å². The molecule has 1 aliphatic carbocycles. The minimum atomic E-state index is -1.26. The lowest BCUT2D eigenvalue weighted by Crippen LogP contribution is -2.38. The molecule has 0 unspecified atom stereocenters. The number of rotatable bonds is 10. The van der Waals surface area contributed by atoms with E-state index >= 15 is 4.39 Å². The summed E-state index contributed by atoms with van der Waals surface area (Å²) in [6.45, 7) is 7.22. The van der Waals surface area contributed by atoms with Gasteiger partial charge in [-0.15, -0.1) is 0 Å². The molecular formula is C35H38F2N2O8. The second kappa shape index (κ2) is 15.2. The molecule has 0 radical (unpaired) electrons. The maximum atomic E-state index is 16.2. The fourth-order valence-corrected chi connectivity index (χ4v) is 5.73. The van der Waals surface area contributed by atoms with Crippen molar-refractivity contribution in [3.63, 3.8) is 0 Å². The molecule has 1 aromatic heterocycles. The molecule has 1 aliphatic heterocycles. The summed E-state index contributed by atoms with van der Waals surface area (Å²) in [5.74, 6) is -3.85. The molecule has 1 saturated heterocycles. The van der Waals surface area contributed by atoms with Gasteiger partial charge in [-0.25, -0.2) is 23.2 Å². The van der Waals surface area contributed by atoms with Crippen LogP contribution >= 0.6 is 0 Å². The molecular weight excluding hydrogens is 614 g/mol. The maximum Gasteiger partial charge on any atom is 0.336 e. The molecule has 2 aromatic carbocycles. The van der Waals surface area contributed by atoms with Gasteiger partial charge in [-0.05, 0) is 87.8 Å². The van der Waals surface area contributed by atoms with Gasteiger partial charge >= 0.3 is 17.9 Å². The van der Waals surface area contributed by atoms with Crippen molar-refractivity contribution in [3.8, 4) is 16.9 Å². The Bertz CT molecular complexity index is 1700. The van der Waals surface area contributed by atoms with Crippen LogP contribution in [0, 0.1) is 18.6 Å².